The lowest BCUT2D eigenvalue weighted by Crippen LogP contribution is -2.45. The molecule has 1 aliphatic rings. The monoisotopic (exact) mass is 351 g/mol. The maximum atomic E-state index is 12.7. The van der Waals surface area contributed by atoms with Gasteiger partial charge in [-0.2, -0.15) is 0 Å². The van der Waals surface area contributed by atoms with Crippen LogP contribution in [0.5, 0.6) is 0 Å². The van der Waals surface area contributed by atoms with Crippen molar-refractivity contribution >= 4 is 32.8 Å². The minimum atomic E-state index is -0.318. The van der Waals surface area contributed by atoms with Crippen LogP contribution in [-0.2, 0) is 0 Å². The Morgan fingerprint density at radius 2 is 2.24 bits per heavy atom. The van der Waals surface area contributed by atoms with Crippen molar-refractivity contribution in [3.63, 3.8) is 0 Å². The number of aliphatic hydroxyl groups excluding tert-OH is 1. The number of nitrogens with zero attached hydrogens (tertiary/aromatic N) is 1. The van der Waals surface area contributed by atoms with Gasteiger partial charge in [0.15, 0.2) is 5.76 Å². The average molecular weight is 352 g/mol. The van der Waals surface area contributed by atoms with E-state index in [0.29, 0.717) is 25.3 Å². The molecule has 2 atom stereocenters. The number of aryl methyl sites for hydroxylation is 1. The van der Waals surface area contributed by atoms with Crippen LogP contribution in [-0.4, -0.2) is 35.1 Å². The van der Waals surface area contributed by atoms with Gasteiger partial charge >= 0.3 is 0 Å². The van der Waals surface area contributed by atoms with Gasteiger partial charge < -0.3 is 14.4 Å². The van der Waals surface area contributed by atoms with E-state index in [4.69, 9.17) is 4.42 Å². The highest BCUT2D eigenvalue weighted by molar-refractivity contribution is 9.10. The zero-order chi connectivity index (χ0) is 15.1. The number of aliphatic hydroxyl groups is 1. The highest BCUT2D eigenvalue weighted by atomic mass is 79.9. The molecule has 0 bridgehead atoms. The molecule has 1 saturated heterocycles. The van der Waals surface area contributed by atoms with Crippen LogP contribution >= 0.6 is 15.9 Å². The molecule has 0 radical (unpaired) electrons. The van der Waals surface area contributed by atoms with Crippen LogP contribution < -0.4 is 0 Å². The van der Waals surface area contributed by atoms with Crippen molar-refractivity contribution in [1.82, 2.24) is 4.90 Å². The van der Waals surface area contributed by atoms with E-state index < -0.39 is 0 Å². The molecule has 2 unspecified atom stereocenters. The molecule has 3 rings (SSSR count). The van der Waals surface area contributed by atoms with Gasteiger partial charge in [0.25, 0.3) is 5.91 Å². The fourth-order valence-corrected chi connectivity index (χ4v) is 3.22. The Labute approximate surface area is 131 Å². The second-order valence-electron chi connectivity index (χ2n) is 5.78. The van der Waals surface area contributed by atoms with Gasteiger partial charge in [-0.1, -0.05) is 22.9 Å². The summed E-state index contributed by atoms with van der Waals surface area (Å²) in [6.45, 7) is 5.02. The van der Waals surface area contributed by atoms with E-state index in [0.717, 1.165) is 21.0 Å². The van der Waals surface area contributed by atoms with Crippen molar-refractivity contribution in [3.8, 4) is 0 Å². The fraction of sp³-hybridized carbons (Fsp3) is 0.438. The minimum absolute atomic E-state index is 0.0847. The number of rotatable bonds is 1. The fourth-order valence-electron chi connectivity index (χ4n) is 2.86. The Bertz CT molecular complexity index is 694. The zero-order valence-electron chi connectivity index (χ0n) is 12.1. The van der Waals surface area contributed by atoms with Crippen LogP contribution in [0.25, 0.3) is 11.0 Å². The second kappa shape index (κ2) is 5.46. The van der Waals surface area contributed by atoms with Gasteiger partial charge in [0.2, 0.25) is 0 Å². The van der Waals surface area contributed by atoms with Crippen LogP contribution in [0.15, 0.2) is 27.1 Å². The molecular weight excluding hydrogens is 334 g/mol. The number of hydrogen-bond acceptors (Lipinski definition) is 3. The lowest BCUT2D eigenvalue weighted by atomic mass is 9.96. The summed E-state index contributed by atoms with van der Waals surface area (Å²) in [5, 5.41) is 10.7. The molecule has 1 aliphatic heterocycles. The van der Waals surface area contributed by atoms with Gasteiger partial charge in [-0.15, -0.1) is 0 Å². The number of carbonyl (C=O) groups is 1. The first-order valence-electron chi connectivity index (χ1n) is 7.13. The Morgan fingerprint density at radius 3 is 2.95 bits per heavy atom. The summed E-state index contributed by atoms with van der Waals surface area (Å²) in [6.07, 6.45) is 0.305. The maximum Gasteiger partial charge on any atom is 0.289 e. The summed E-state index contributed by atoms with van der Waals surface area (Å²) in [6, 6.07) is 5.73. The molecule has 1 aromatic carbocycles. The number of fused-ring (bicyclic) bond motifs is 1. The van der Waals surface area contributed by atoms with Crippen molar-refractivity contribution in [2.24, 2.45) is 5.92 Å². The van der Waals surface area contributed by atoms with Crippen LogP contribution in [0.1, 0.15) is 29.5 Å². The maximum absolute atomic E-state index is 12.7. The number of halogens is 1. The molecule has 0 spiro atoms. The number of likely N-dealkylation sites (tertiary alicyclic amines) is 1. The van der Waals surface area contributed by atoms with Crippen LogP contribution in [0.4, 0.5) is 0 Å². The van der Waals surface area contributed by atoms with E-state index in [1.165, 1.54) is 0 Å². The predicted octanol–water partition coefficient (Wildman–Crippen LogP) is 3.35. The van der Waals surface area contributed by atoms with Gasteiger partial charge in [0.1, 0.15) is 5.58 Å². The molecule has 1 fully saturated rings. The van der Waals surface area contributed by atoms with Gasteiger partial charge in [-0.3, -0.25) is 4.79 Å². The number of benzene rings is 1. The molecule has 4 nitrogen and oxygen atoms in total. The number of amides is 1. The first-order valence-corrected chi connectivity index (χ1v) is 7.92. The summed E-state index contributed by atoms with van der Waals surface area (Å²) in [5.74, 6) is 0.423. The van der Waals surface area contributed by atoms with Crippen molar-refractivity contribution in [1.29, 1.82) is 0 Å². The van der Waals surface area contributed by atoms with Gasteiger partial charge in [0, 0.05) is 28.5 Å². The number of carbonyl (C=O) groups excluding carboxylic acids is 1. The standard InChI is InChI=1S/C16H18BrNO3/c1-9-8-18(6-5-13(9)19)16(20)15-10(2)12-7-11(17)3-4-14(12)21-15/h3-4,7,9,13,19H,5-6,8H2,1-2H3. The third kappa shape index (κ3) is 2.60. The van der Waals surface area contributed by atoms with Crippen molar-refractivity contribution in [3.05, 3.63) is 34.0 Å². The quantitative estimate of drug-likeness (QED) is 0.856. The van der Waals surface area contributed by atoms with E-state index in [1.807, 2.05) is 32.0 Å². The number of piperidine rings is 1. The summed E-state index contributed by atoms with van der Waals surface area (Å²) in [5.41, 5.74) is 1.60. The SMILES string of the molecule is Cc1c(C(=O)N2CCC(O)C(C)C2)oc2ccc(Br)cc12. The zero-order valence-corrected chi connectivity index (χ0v) is 13.7. The van der Waals surface area contributed by atoms with E-state index in [9.17, 15) is 9.90 Å². The lowest BCUT2D eigenvalue weighted by Gasteiger charge is -2.33. The first kappa shape index (κ1) is 14.6. The molecule has 2 heterocycles. The molecule has 1 amide bonds. The van der Waals surface area contributed by atoms with Crippen molar-refractivity contribution in [2.75, 3.05) is 13.1 Å². The van der Waals surface area contributed by atoms with Crippen LogP contribution in [0.3, 0.4) is 0 Å². The Balaban J connectivity index is 1.93. The minimum Gasteiger partial charge on any atom is -0.451 e. The third-order valence-corrected chi connectivity index (χ3v) is 4.73. The Kier molecular flexibility index (Phi) is 3.80. The summed E-state index contributed by atoms with van der Waals surface area (Å²) in [4.78, 5) is 14.4. The summed E-state index contributed by atoms with van der Waals surface area (Å²) >= 11 is 3.44. The van der Waals surface area contributed by atoms with Crippen LogP contribution in [0, 0.1) is 12.8 Å². The predicted molar refractivity (Wildman–Crippen MR) is 84.3 cm³/mol. The number of hydrogen-bond donors (Lipinski definition) is 1. The lowest BCUT2D eigenvalue weighted by molar-refractivity contribution is 0.0280. The van der Waals surface area contributed by atoms with E-state index in [2.05, 4.69) is 15.9 Å². The molecule has 21 heavy (non-hydrogen) atoms. The van der Waals surface area contributed by atoms with E-state index in [-0.39, 0.29) is 17.9 Å². The van der Waals surface area contributed by atoms with E-state index >= 15 is 0 Å². The molecule has 1 aromatic heterocycles. The molecule has 5 heteroatoms. The summed E-state index contributed by atoms with van der Waals surface area (Å²) < 4.78 is 6.72. The van der Waals surface area contributed by atoms with Crippen molar-refractivity contribution in [2.45, 2.75) is 26.4 Å². The highest BCUT2D eigenvalue weighted by Gasteiger charge is 2.30. The molecule has 0 saturated carbocycles. The Morgan fingerprint density at radius 1 is 1.48 bits per heavy atom. The molecular formula is C16H18BrNO3. The average Bonchev–Trinajstić information content (AvgIpc) is 2.78. The normalized spacial score (nSPS) is 22.8. The smallest absolute Gasteiger partial charge is 0.289 e. The summed E-state index contributed by atoms with van der Waals surface area (Å²) in [7, 11) is 0. The van der Waals surface area contributed by atoms with Crippen LogP contribution in [0.2, 0.25) is 0 Å². The molecule has 2 aromatic rings. The molecule has 0 aliphatic carbocycles. The number of furan rings is 1. The third-order valence-electron chi connectivity index (χ3n) is 4.24. The largest absolute Gasteiger partial charge is 0.451 e. The second-order valence-corrected chi connectivity index (χ2v) is 6.70. The molecule has 1 N–H and O–H groups in total. The van der Waals surface area contributed by atoms with Crippen molar-refractivity contribution < 1.29 is 14.3 Å². The van der Waals surface area contributed by atoms with E-state index in [1.54, 1.807) is 4.90 Å². The van der Waals surface area contributed by atoms with Gasteiger partial charge in [0.05, 0.1) is 6.10 Å². The topological polar surface area (TPSA) is 53.7 Å². The Hall–Kier alpha value is -1.33. The molecule has 112 valence electrons. The van der Waals surface area contributed by atoms with Gasteiger partial charge in [-0.05, 0) is 37.5 Å². The van der Waals surface area contributed by atoms with Gasteiger partial charge in [-0.25, -0.2) is 0 Å². The highest BCUT2D eigenvalue weighted by Crippen LogP contribution is 2.29. The first-order chi connectivity index (χ1) is 9.97.